The molecule has 0 saturated carbocycles. The van der Waals surface area contributed by atoms with Crippen LogP contribution in [0.1, 0.15) is 6.92 Å². The molecule has 0 aliphatic carbocycles. The molecule has 0 aliphatic heterocycles. The van der Waals surface area contributed by atoms with E-state index in [1.54, 1.807) is 16.9 Å². The molecule has 0 fully saturated rings. The van der Waals surface area contributed by atoms with Gasteiger partial charge in [0.25, 0.3) is 5.56 Å². The van der Waals surface area contributed by atoms with Crippen molar-refractivity contribution >= 4 is 21.9 Å². The van der Waals surface area contributed by atoms with E-state index in [1.165, 1.54) is 0 Å². The summed E-state index contributed by atoms with van der Waals surface area (Å²) in [6, 6.07) is 7.80. The van der Waals surface area contributed by atoms with Gasteiger partial charge in [0.15, 0.2) is 0 Å². The zero-order valence-electron chi connectivity index (χ0n) is 13.3. The van der Waals surface area contributed by atoms with Gasteiger partial charge < -0.3 is 9.72 Å². The lowest BCUT2D eigenvalue weighted by molar-refractivity contribution is 0.314. The van der Waals surface area contributed by atoms with Gasteiger partial charge in [-0.2, -0.15) is 10.1 Å². The Kier molecular flexibility index (Phi) is 3.26. The van der Waals surface area contributed by atoms with Gasteiger partial charge in [-0.25, -0.2) is 4.98 Å². The number of pyridine rings is 1. The molecule has 120 valence electrons. The Hall–Kier alpha value is -3.22. The molecule has 0 atom stereocenters. The summed E-state index contributed by atoms with van der Waals surface area (Å²) in [6.45, 7) is 2.33. The molecular weight excluding hydrogens is 306 g/mol. The van der Waals surface area contributed by atoms with Crippen LogP contribution in [0.25, 0.3) is 33.1 Å². The van der Waals surface area contributed by atoms with Crippen LogP contribution in [0.3, 0.4) is 0 Å². The van der Waals surface area contributed by atoms with Crippen molar-refractivity contribution in [2.45, 2.75) is 6.92 Å². The van der Waals surface area contributed by atoms with Crippen LogP contribution in [0.4, 0.5) is 0 Å². The third-order valence-electron chi connectivity index (χ3n) is 3.77. The zero-order valence-corrected chi connectivity index (χ0v) is 13.3. The number of fused-ring (bicyclic) bond motifs is 2. The van der Waals surface area contributed by atoms with E-state index in [9.17, 15) is 4.79 Å². The maximum Gasteiger partial charge on any atom is 0.318 e. The highest BCUT2D eigenvalue weighted by Crippen LogP contribution is 2.23. The van der Waals surface area contributed by atoms with E-state index in [0.29, 0.717) is 17.8 Å². The number of ether oxygens (including phenoxy) is 1. The monoisotopic (exact) mass is 321 g/mol. The second kappa shape index (κ2) is 5.45. The summed E-state index contributed by atoms with van der Waals surface area (Å²) in [5.41, 5.74) is 2.55. The van der Waals surface area contributed by atoms with Crippen molar-refractivity contribution in [3.63, 3.8) is 0 Å². The van der Waals surface area contributed by atoms with Crippen LogP contribution in [0.5, 0.6) is 6.01 Å². The third kappa shape index (κ3) is 2.40. The van der Waals surface area contributed by atoms with Crippen molar-refractivity contribution in [3.05, 3.63) is 47.0 Å². The number of benzene rings is 1. The van der Waals surface area contributed by atoms with E-state index in [-0.39, 0.29) is 11.6 Å². The number of nitrogens with zero attached hydrogens (tertiary/aromatic N) is 4. The molecule has 3 aromatic heterocycles. The van der Waals surface area contributed by atoms with Crippen LogP contribution in [0, 0.1) is 0 Å². The average Bonchev–Trinajstić information content (AvgIpc) is 2.93. The molecule has 0 bridgehead atoms. The van der Waals surface area contributed by atoms with Gasteiger partial charge in [0.2, 0.25) is 0 Å². The number of aromatic nitrogens is 5. The van der Waals surface area contributed by atoms with Gasteiger partial charge in [-0.05, 0) is 30.7 Å². The molecule has 0 spiro atoms. The normalized spacial score (nSPS) is 11.2. The van der Waals surface area contributed by atoms with Gasteiger partial charge in [0.05, 0.1) is 12.1 Å². The molecule has 0 saturated heterocycles. The predicted octanol–water partition coefficient (Wildman–Crippen LogP) is 2.27. The average molecular weight is 321 g/mol. The van der Waals surface area contributed by atoms with Gasteiger partial charge >= 0.3 is 6.01 Å². The molecule has 0 amide bonds. The smallest absolute Gasteiger partial charge is 0.318 e. The van der Waals surface area contributed by atoms with Crippen LogP contribution in [-0.4, -0.2) is 31.3 Å². The van der Waals surface area contributed by atoms with E-state index in [1.807, 2.05) is 38.4 Å². The molecule has 4 aromatic rings. The minimum absolute atomic E-state index is 0.202. The van der Waals surface area contributed by atoms with E-state index in [2.05, 4.69) is 20.1 Å². The Morgan fingerprint density at radius 1 is 1.25 bits per heavy atom. The molecule has 3 heterocycles. The topological polar surface area (TPSA) is 85.7 Å². The lowest BCUT2D eigenvalue weighted by Crippen LogP contribution is -2.10. The first kappa shape index (κ1) is 14.4. The van der Waals surface area contributed by atoms with Crippen molar-refractivity contribution < 1.29 is 4.74 Å². The number of hydrogen-bond donors (Lipinski definition) is 1. The van der Waals surface area contributed by atoms with Crippen LogP contribution < -0.4 is 10.3 Å². The van der Waals surface area contributed by atoms with Crippen LogP contribution in [0.2, 0.25) is 0 Å². The number of hydrogen-bond acceptors (Lipinski definition) is 5. The molecule has 0 radical (unpaired) electrons. The summed E-state index contributed by atoms with van der Waals surface area (Å²) in [5.74, 6) is 0. The molecule has 4 rings (SSSR count). The van der Waals surface area contributed by atoms with Gasteiger partial charge in [-0.3, -0.25) is 9.48 Å². The van der Waals surface area contributed by atoms with Crippen LogP contribution in [-0.2, 0) is 7.05 Å². The second-order valence-electron chi connectivity index (χ2n) is 5.48. The molecule has 7 heteroatoms. The first-order valence-electron chi connectivity index (χ1n) is 7.60. The number of aromatic amines is 1. The number of H-pyrrole nitrogens is 1. The SMILES string of the molecule is CCOc1ncc2cc(-c3ccc4nn(C)cc4c3)c(=O)[nH]c2n1. The lowest BCUT2D eigenvalue weighted by atomic mass is 10.0. The Bertz CT molecular complexity index is 1110. The fourth-order valence-corrected chi connectivity index (χ4v) is 2.71. The van der Waals surface area contributed by atoms with E-state index >= 15 is 0 Å². The van der Waals surface area contributed by atoms with E-state index < -0.39 is 0 Å². The lowest BCUT2D eigenvalue weighted by Gasteiger charge is -2.05. The molecule has 7 nitrogen and oxygen atoms in total. The Labute approximate surface area is 136 Å². The fourth-order valence-electron chi connectivity index (χ4n) is 2.71. The first-order chi connectivity index (χ1) is 11.6. The maximum absolute atomic E-state index is 12.5. The van der Waals surface area contributed by atoms with E-state index in [0.717, 1.165) is 21.9 Å². The van der Waals surface area contributed by atoms with E-state index in [4.69, 9.17) is 4.74 Å². The molecule has 24 heavy (non-hydrogen) atoms. The first-order valence-corrected chi connectivity index (χ1v) is 7.60. The van der Waals surface area contributed by atoms with Crippen molar-refractivity contribution in [1.82, 2.24) is 24.7 Å². The molecular formula is C17H15N5O2. The Morgan fingerprint density at radius 3 is 2.96 bits per heavy atom. The number of nitrogens with one attached hydrogen (secondary N) is 1. The fraction of sp³-hybridized carbons (Fsp3) is 0.176. The van der Waals surface area contributed by atoms with Crippen LogP contribution >= 0.6 is 0 Å². The standard InChI is InChI=1S/C17H15N5O2/c1-3-24-17-18-8-11-7-13(16(23)19-15(11)20-17)10-4-5-14-12(6-10)9-22(2)21-14/h4-9H,3H2,1-2H3,(H,18,19,20,23). The minimum Gasteiger partial charge on any atom is -0.464 e. The van der Waals surface area contributed by atoms with Gasteiger partial charge in [-0.1, -0.05) is 6.07 Å². The maximum atomic E-state index is 12.5. The third-order valence-corrected chi connectivity index (χ3v) is 3.77. The zero-order chi connectivity index (χ0) is 16.7. The molecule has 0 aliphatic rings. The summed E-state index contributed by atoms with van der Waals surface area (Å²) in [5, 5.41) is 6.08. The highest BCUT2D eigenvalue weighted by Gasteiger charge is 2.09. The van der Waals surface area contributed by atoms with Crippen molar-refractivity contribution in [1.29, 1.82) is 0 Å². The van der Waals surface area contributed by atoms with Gasteiger partial charge in [0, 0.05) is 35.8 Å². The molecule has 1 aromatic carbocycles. The minimum atomic E-state index is -0.202. The largest absolute Gasteiger partial charge is 0.464 e. The Balaban J connectivity index is 1.86. The summed E-state index contributed by atoms with van der Waals surface area (Å²) >= 11 is 0. The highest BCUT2D eigenvalue weighted by molar-refractivity contribution is 5.86. The summed E-state index contributed by atoms with van der Waals surface area (Å²) in [4.78, 5) is 23.6. The number of aryl methyl sites for hydroxylation is 1. The molecule has 1 N–H and O–H groups in total. The summed E-state index contributed by atoms with van der Waals surface area (Å²) in [7, 11) is 1.87. The Morgan fingerprint density at radius 2 is 2.12 bits per heavy atom. The summed E-state index contributed by atoms with van der Waals surface area (Å²) < 4.78 is 7.02. The second-order valence-corrected chi connectivity index (χ2v) is 5.48. The number of rotatable bonds is 3. The predicted molar refractivity (Wildman–Crippen MR) is 91.0 cm³/mol. The van der Waals surface area contributed by atoms with Crippen molar-refractivity contribution in [2.24, 2.45) is 7.05 Å². The van der Waals surface area contributed by atoms with Crippen molar-refractivity contribution in [2.75, 3.05) is 6.61 Å². The molecule has 0 unspecified atom stereocenters. The van der Waals surface area contributed by atoms with Gasteiger partial charge in [0.1, 0.15) is 5.65 Å². The summed E-state index contributed by atoms with van der Waals surface area (Å²) in [6.07, 6.45) is 3.57. The highest BCUT2D eigenvalue weighted by atomic mass is 16.5. The van der Waals surface area contributed by atoms with Crippen molar-refractivity contribution in [3.8, 4) is 17.1 Å². The van der Waals surface area contributed by atoms with Crippen LogP contribution in [0.15, 0.2) is 41.5 Å². The quantitative estimate of drug-likeness (QED) is 0.625. The van der Waals surface area contributed by atoms with Gasteiger partial charge in [-0.15, -0.1) is 0 Å².